The van der Waals surface area contributed by atoms with Crippen molar-refractivity contribution < 1.29 is 19.2 Å². The fourth-order valence-electron chi connectivity index (χ4n) is 1.79. The summed E-state index contributed by atoms with van der Waals surface area (Å²) in [6.07, 6.45) is 0. The molecule has 21 heavy (non-hydrogen) atoms. The van der Waals surface area contributed by atoms with Gasteiger partial charge in [0.2, 0.25) is 0 Å². The Hall–Kier alpha value is -1.86. The number of carbonyl (C=O) groups excluding carboxylic acids is 1. The minimum atomic E-state index is -0.548. The second kappa shape index (κ2) is 7.80. The molecule has 0 spiro atoms. The van der Waals surface area contributed by atoms with Crippen molar-refractivity contribution in [1.29, 1.82) is 0 Å². The van der Waals surface area contributed by atoms with E-state index >= 15 is 0 Å². The number of hydrogen-bond donors (Lipinski definition) is 0. The van der Waals surface area contributed by atoms with E-state index in [1.54, 1.807) is 7.05 Å². The highest BCUT2D eigenvalue weighted by atomic mass is 35.5. The summed E-state index contributed by atoms with van der Waals surface area (Å²) in [6, 6.07) is 3.85. The fraction of sp³-hybridized carbons (Fsp3) is 0.462. The highest BCUT2D eigenvalue weighted by molar-refractivity contribution is 6.21. The number of rotatable bonds is 7. The zero-order chi connectivity index (χ0) is 16.0. The summed E-state index contributed by atoms with van der Waals surface area (Å²) in [6.45, 7) is 0.602. The van der Waals surface area contributed by atoms with Gasteiger partial charge in [-0.05, 0) is 6.07 Å². The van der Waals surface area contributed by atoms with Crippen molar-refractivity contribution in [3.05, 3.63) is 33.9 Å². The van der Waals surface area contributed by atoms with Crippen molar-refractivity contribution in [1.82, 2.24) is 4.90 Å². The van der Waals surface area contributed by atoms with Gasteiger partial charge in [-0.3, -0.25) is 14.9 Å². The molecule has 0 heterocycles. The van der Waals surface area contributed by atoms with Crippen molar-refractivity contribution in [2.45, 2.75) is 5.38 Å². The quantitative estimate of drug-likeness (QED) is 0.436. The van der Waals surface area contributed by atoms with Gasteiger partial charge in [0.15, 0.2) is 0 Å². The molecular weight excluding hydrogens is 300 g/mol. The number of hydrogen-bond acceptors (Lipinski definition) is 5. The SMILES string of the molecule is COCC(Cl)CN(C)C(=O)c1ccc([N+](=O)[O-])cc1OC. The average molecular weight is 317 g/mol. The summed E-state index contributed by atoms with van der Waals surface area (Å²) in [5.74, 6) is -0.178. The lowest BCUT2D eigenvalue weighted by Gasteiger charge is -2.21. The molecule has 1 atom stereocenters. The third kappa shape index (κ3) is 4.57. The van der Waals surface area contributed by atoms with Crippen LogP contribution in [0.1, 0.15) is 10.4 Å². The Morgan fingerprint density at radius 1 is 1.48 bits per heavy atom. The van der Waals surface area contributed by atoms with E-state index < -0.39 is 4.92 Å². The minimum Gasteiger partial charge on any atom is -0.496 e. The number of nitrogens with zero attached hydrogens (tertiary/aromatic N) is 2. The van der Waals surface area contributed by atoms with Crippen molar-refractivity contribution in [2.75, 3.05) is 34.4 Å². The van der Waals surface area contributed by atoms with Gasteiger partial charge in [-0.15, -0.1) is 11.6 Å². The molecule has 0 aliphatic carbocycles. The summed E-state index contributed by atoms with van der Waals surface area (Å²) in [5, 5.41) is 10.4. The van der Waals surface area contributed by atoms with Crippen molar-refractivity contribution in [3.8, 4) is 5.75 Å². The maximum absolute atomic E-state index is 12.3. The molecular formula is C13H17ClN2O5. The Balaban J connectivity index is 2.93. The smallest absolute Gasteiger partial charge is 0.273 e. The molecule has 7 nitrogen and oxygen atoms in total. The van der Waals surface area contributed by atoms with E-state index in [9.17, 15) is 14.9 Å². The lowest BCUT2D eigenvalue weighted by Crippen LogP contribution is -2.34. The van der Waals surface area contributed by atoms with Crippen LogP contribution in [0.2, 0.25) is 0 Å². The minimum absolute atomic E-state index is 0.138. The Kier molecular flexibility index (Phi) is 6.39. The largest absolute Gasteiger partial charge is 0.496 e. The van der Waals surface area contributed by atoms with Crippen LogP contribution in [-0.2, 0) is 4.74 Å². The van der Waals surface area contributed by atoms with E-state index in [0.29, 0.717) is 6.61 Å². The first-order valence-electron chi connectivity index (χ1n) is 6.11. The van der Waals surface area contributed by atoms with E-state index in [1.165, 1.54) is 37.3 Å². The van der Waals surface area contributed by atoms with Gasteiger partial charge in [-0.1, -0.05) is 0 Å². The van der Waals surface area contributed by atoms with E-state index in [4.69, 9.17) is 21.1 Å². The molecule has 0 saturated heterocycles. The fourth-order valence-corrected chi connectivity index (χ4v) is 2.12. The van der Waals surface area contributed by atoms with Gasteiger partial charge in [-0.2, -0.15) is 0 Å². The first kappa shape index (κ1) is 17.2. The molecule has 0 N–H and O–H groups in total. The number of amides is 1. The molecule has 1 aromatic rings. The molecule has 1 amide bonds. The number of methoxy groups -OCH3 is 2. The summed E-state index contributed by atoms with van der Waals surface area (Å²) in [7, 11) is 4.47. The first-order chi connectivity index (χ1) is 9.90. The second-order valence-corrected chi connectivity index (χ2v) is 5.00. The van der Waals surface area contributed by atoms with Gasteiger partial charge in [-0.25, -0.2) is 0 Å². The van der Waals surface area contributed by atoms with E-state index in [0.717, 1.165) is 0 Å². The van der Waals surface area contributed by atoms with Crippen molar-refractivity contribution in [3.63, 3.8) is 0 Å². The molecule has 116 valence electrons. The maximum Gasteiger partial charge on any atom is 0.273 e. The van der Waals surface area contributed by atoms with Gasteiger partial charge in [0.05, 0.1) is 35.6 Å². The van der Waals surface area contributed by atoms with Crippen LogP contribution >= 0.6 is 11.6 Å². The lowest BCUT2D eigenvalue weighted by atomic mass is 10.1. The lowest BCUT2D eigenvalue weighted by molar-refractivity contribution is -0.384. The Labute approximate surface area is 127 Å². The number of halogens is 1. The van der Waals surface area contributed by atoms with Crippen molar-refractivity contribution >= 4 is 23.2 Å². The predicted octanol–water partition coefficient (Wildman–Crippen LogP) is 1.93. The Morgan fingerprint density at radius 3 is 2.67 bits per heavy atom. The van der Waals surface area contributed by atoms with E-state index in [1.807, 2.05) is 0 Å². The third-order valence-electron chi connectivity index (χ3n) is 2.79. The number of benzene rings is 1. The molecule has 1 aromatic carbocycles. The molecule has 0 aliphatic heterocycles. The summed E-state index contributed by atoms with van der Waals surface area (Å²) >= 11 is 6.01. The van der Waals surface area contributed by atoms with Crippen LogP contribution in [0.15, 0.2) is 18.2 Å². The number of nitro groups is 1. The number of carbonyl (C=O) groups is 1. The Morgan fingerprint density at radius 2 is 2.14 bits per heavy atom. The third-order valence-corrected chi connectivity index (χ3v) is 3.06. The van der Waals surface area contributed by atoms with Crippen LogP contribution in [-0.4, -0.2) is 55.5 Å². The number of nitro benzene ring substituents is 1. The van der Waals surface area contributed by atoms with Crippen LogP contribution in [0, 0.1) is 10.1 Å². The molecule has 8 heteroatoms. The normalized spacial score (nSPS) is 11.8. The monoisotopic (exact) mass is 316 g/mol. The van der Waals surface area contributed by atoms with Crippen LogP contribution in [0.25, 0.3) is 0 Å². The summed E-state index contributed by atoms with van der Waals surface area (Å²) in [4.78, 5) is 23.9. The van der Waals surface area contributed by atoms with E-state index in [-0.39, 0.29) is 34.8 Å². The van der Waals surface area contributed by atoms with Crippen LogP contribution < -0.4 is 4.74 Å². The zero-order valence-corrected chi connectivity index (χ0v) is 12.8. The number of ether oxygens (including phenoxy) is 2. The molecule has 0 saturated carbocycles. The molecule has 0 radical (unpaired) electrons. The number of non-ortho nitro benzene ring substituents is 1. The van der Waals surface area contributed by atoms with Crippen LogP contribution in [0.3, 0.4) is 0 Å². The summed E-state index contributed by atoms with van der Waals surface area (Å²) in [5.41, 5.74) is 0.104. The topological polar surface area (TPSA) is 81.9 Å². The van der Waals surface area contributed by atoms with Gasteiger partial charge in [0.1, 0.15) is 5.75 Å². The highest BCUT2D eigenvalue weighted by Gasteiger charge is 2.21. The van der Waals surface area contributed by atoms with Gasteiger partial charge < -0.3 is 14.4 Å². The van der Waals surface area contributed by atoms with Gasteiger partial charge in [0, 0.05) is 26.8 Å². The van der Waals surface area contributed by atoms with Gasteiger partial charge >= 0.3 is 0 Å². The van der Waals surface area contributed by atoms with E-state index in [2.05, 4.69) is 0 Å². The second-order valence-electron chi connectivity index (χ2n) is 4.38. The molecule has 0 fully saturated rings. The van der Waals surface area contributed by atoms with Crippen molar-refractivity contribution in [2.24, 2.45) is 0 Å². The molecule has 1 unspecified atom stereocenters. The number of alkyl halides is 1. The van der Waals surface area contributed by atoms with Crippen LogP contribution in [0.5, 0.6) is 5.75 Å². The standard InChI is InChI=1S/C13H17ClN2O5/c1-15(7-9(14)8-20-2)13(17)11-5-4-10(16(18)19)6-12(11)21-3/h4-6,9H,7-8H2,1-3H3. The molecule has 0 aliphatic rings. The predicted molar refractivity (Wildman–Crippen MR) is 78.1 cm³/mol. The molecule has 0 bridgehead atoms. The summed E-state index contributed by atoms with van der Waals surface area (Å²) < 4.78 is 9.96. The molecule has 1 rings (SSSR count). The zero-order valence-electron chi connectivity index (χ0n) is 12.0. The van der Waals surface area contributed by atoms with Gasteiger partial charge in [0.25, 0.3) is 11.6 Å². The Bertz CT molecular complexity index is 523. The molecule has 0 aromatic heterocycles. The van der Waals surface area contributed by atoms with Crippen LogP contribution in [0.4, 0.5) is 5.69 Å². The highest BCUT2D eigenvalue weighted by Crippen LogP contribution is 2.25. The first-order valence-corrected chi connectivity index (χ1v) is 6.55. The maximum atomic E-state index is 12.3. The average Bonchev–Trinajstić information content (AvgIpc) is 2.45.